The third-order valence-electron chi connectivity index (χ3n) is 6.77. The number of nitrogens with zero attached hydrogens (tertiary/aromatic N) is 3. The number of carboxylic acid groups (broad SMARTS) is 2. The number of anilines is 1. The van der Waals surface area contributed by atoms with Gasteiger partial charge in [0.15, 0.2) is 0 Å². The second-order valence-corrected chi connectivity index (χ2v) is 9.87. The Morgan fingerprint density at radius 1 is 1.00 bits per heavy atom. The number of nitrogen functional groups attached to an aromatic ring is 1. The maximum absolute atomic E-state index is 10.6. The summed E-state index contributed by atoms with van der Waals surface area (Å²) in [6, 6.07) is 9.01. The monoisotopic (exact) mass is 693 g/mol. The number of nitrogens with two attached hydrogens (primary N) is 1. The number of carboxylic acids is 2. The summed E-state index contributed by atoms with van der Waals surface area (Å²) in [6.45, 7) is -0.577. The molecule has 0 radical (unpaired) electrons. The van der Waals surface area contributed by atoms with Crippen LogP contribution in [-0.4, -0.2) is 107 Å². The van der Waals surface area contributed by atoms with Crippen molar-refractivity contribution in [1.29, 1.82) is 5.26 Å². The second-order valence-electron chi connectivity index (χ2n) is 9.87. The Labute approximate surface area is 264 Å². The lowest BCUT2D eigenvalue weighted by atomic mass is 9.85. The molecule has 1 aromatic carbocycles. The van der Waals surface area contributed by atoms with Crippen LogP contribution in [0.4, 0.5) is 32.2 Å². The molecular weight excluding hydrogens is 668 g/mol. The van der Waals surface area contributed by atoms with Crippen LogP contribution in [0.3, 0.4) is 0 Å². The van der Waals surface area contributed by atoms with Gasteiger partial charge in [0.1, 0.15) is 47.6 Å². The first kappa shape index (κ1) is 37.4. The average molecular weight is 694 g/mol. The van der Waals surface area contributed by atoms with Crippen LogP contribution in [0.15, 0.2) is 30.5 Å². The fourth-order valence-electron chi connectivity index (χ4n) is 4.54. The lowest BCUT2D eigenvalue weighted by Crippen LogP contribution is -2.60. The number of fused-ring (bicyclic) bond motifs is 3. The summed E-state index contributed by atoms with van der Waals surface area (Å²) in [5.41, 5.74) is 10.6. The molecule has 0 amide bonds. The van der Waals surface area contributed by atoms with Crippen LogP contribution < -0.4 is 10.5 Å². The second kappa shape index (κ2) is 14.8. The smallest absolute Gasteiger partial charge is 0.475 e. The molecule has 15 nitrogen and oxygen atoms in total. The predicted molar refractivity (Wildman–Crippen MR) is 146 cm³/mol. The molecule has 1 unspecified atom stereocenters. The van der Waals surface area contributed by atoms with Crippen molar-refractivity contribution in [3.8, 4) is 34.2 Å². The van der Waals surface area contributed by atoms with Gasteiger partial charge < -0.3 is 45.8 Å². The highest BCUT2D eigenvalue weighted by Gasteiger charge is 2.45. The van der Waals surface area contributed by atoms with E-state index in [0.29, 0.717) is 29.7 Å². The van der Waals surface area contributed by atoms with Gasteiger partial charge in [-0.2, -0.15) is 36.7 Å². The molecule has 2 aliphatic rings. The fraction of sp³-hybridized carbons (Fsp3) is 0.370. The van der Waals surface area contributed by atoms with Crippen LogP contribution in [0.5, 0.6) is 5.75 Å². The highest BCUT2D eigenvalue weighted by Crippen LogP contribution is 2.43. The largest absolute Gasteiger partial charge is 0.490 e. The van der Waals surface area contributed by atoms with Gasteiger partial charge in [-0.15, -0.1) is 0 Å². The highest BCUT2D eigenvalue weighted by atomic mass is 19.4. The number of pyridine rings is 1. The number of ether oxygens (including phenoxy) is 2. The molecule has 0 saturated carbocycles. The molecule has 1 saturated heterocycles. The minimum atomic E-state index is -5.08. The van der Waals surface area contributed by atoms with E-state index in [-0.39, 0.29) is 17.1 Å². The van der Waals surface area contributed by atoms with Crippen LogP contribution in [-0.2, 0) is 27.2 Å². The molecule has 5 rings (SSSR count). The van der Waals surface area contributed by atoms with Crippen molar-refractivity contribution in [2.45, 2.75) is 55.9 Å². The van der Waals surface area contributed by atoms with Crippen molar-refractivity contribution >= 4 is 17.8 Å². The number of nitriles is 1. The maximum Gasteiger partial charge on any atom is 0.490 e. The molecule has 0 bridgehead atoms. The van der Waals surface area contributed by atoms with E-state index in [0.717, 1.165) is 16.8 Å². The minimum Gasteiger partial charge on any atom is -0.475 e. The Morgan fingerprint density at radius 3 is 2.12 bits per heavy atom. The van der Waals surface area contributed by atoms with Gasteiger partial charge in [-0.1, -0.05) is 18.2 Å². The van der Waals surface area contributed by atoms with Crippen molar-refractivity contribution in [1.82, 2.24) is 15.2 Å². The van der Waals surface area contributed by atoms with Crippen molar-refractivity contribution in [2.24, 2.45) is 0 Å². The number of rotatable bonds is 4. The summed E-state index contributed by atoms with van der Waals surface area (Å²) in [5.74, 6) is -5.19. The van der Waals surface area contributed by atoms with Gasteiger partial charge in [0.2, 0.25) is 6.29 Å². The highest BCUT2D eigenvalue weighted by molar-refractivity contribution is 5.88. The number of para-hydroxylation sites is 1. The zero-order chi connectivity index (χ0) is 36.1. The summed E-state index contributed by atoms with van der Waals surface area (Å²) in [5, 5.41) is 71.3. The SMILES string of the molecule is N#Cc1c(N)nc2c(c1-c1ccccc1O[C@@H]1OC(CO)[C@H](O)[C@H](O)[C@@H]1O)CCc1[nH]ncc1-2.O=C(O)C(F)(F)F.O=C(O)C(F)(F)F. The molecule has 0 spiro atoms. The zero-order valence-corrected chi connectivity index (χ0v) is 23.9. The van der Waals surface area contributed by atoms with E-state index in [4.69, 9.17) is 35.0 Å². The zero-order valence-electron chi connectivity index (χ0n) is 23.9. The van der Waals surface area contributed by atoms with Gasteiger partial charge in [0.25, 0.3) is 0 Å². The summed E-state index contributed by atoms with van der Waals surface area (Å²) >= 11 is 0. The Balaban J connectivity index is 0.000000376. The third-order valence-corrected chi connectivity index (χ3v) is 6.77. The van der Waals surface area contributed by atoms with Gasteiger partial charge >= 0.3 is 24.3 Å². The number of aliphatic hydroxyl groups excluding tert-OH is 4. The molecule has 5 atom stereocenters. The Hall–Kier alpha value is -5.01. The Morgan fingerprint density at radius 2 is 1.58 bits per heavy atom. The maximum atomic E-state index is 10.6. The number of benzene rings is 1. The number of H-pyrrole nitrogens is 1. The van der Waals surface area contributed by atoms with Gasteiger partial charge in [0.05, 0.1) is 18.5 Å². The summed E-state index contributed by atoms with van der Waals surface area (Å²) in [7, 11) is 0. The topological polar surface area (TPSA) is 265 Å². The molecule has 2 aromatic heterocycles. The molecule has 260 valence electrons. The number of aliphatic carboxylic acids is 2. The molecule has 48 heavy (non-hydrogen) atoms. The van der Waals surface area contributed by atoms with E-state index in [1.807, 2.05) is 0 Å². The van der Waals surface area contributed by atoms with E-state index in [1.165, 1.54) is 0 Å². The van der Waals surface area contributed by atoms with Crippen molar-refractivity contribution in [3.05, 3.63) is 47.3 Å². The minimum absolute atomic E-state index is 0.0629. The van der Waals surface area contributed by atoms with Crippen LogP contribution in [0, 0.1) is 11.3 Å². The molecule has 3 heterocycles. The van der Waals surface area contributed by atoms with Gasteiger partial charge in [0, 0.05) is 22.4 Å². The number of aryl methyl sites for hydroxylation is 1. The number of aromatic amines is 1. The van der Waals surface area contributed by atoms with Gasteiger partial charge in [-0.25, -0.2) is 14.6 Å². The number of nitrogens with one attached hydrogen (secondary N) is 1. The lowest BCUT2D eigenvalue weighted by molar-refractivity contribution is -0.277. The molecule has 1 aliphatic carbocycles. The molecular formula is C27H25F6N5O10. The molecule has 3 aromatic rings. The molecule has 1 aliphatic heterocycles. The van der Waals surface area contributed by atoms with Crippen LogP contribution in [0.2, 0.25) is 0 Å². The number of aliphatic hydroxyl groups is 4. The van der Waals surface area contributed by atoms with Crippen LogP contribution >= 0.6 is 0 Å². The first-order valence-electron chi connectivity index (χ1n) is 13.2. The van der Waals surface area contributed by atoms with Crippen molar-refractivity contribution in [3.63, 3.8) is 0 Å². The first-order valence-corrected chi connectivity index (χ1v) is 13.2. The predicted octanol–water partition coefficient (Wildman–Crippen LogP) is 1.14. The van der Waals surface area contributed by atoms with Crippen molar-refractivity contribution < 1.29 is 76.0 Å². The normalized spacial score (nSPS) is 21.6. The molecule has 1 fully saturated rings. The van der Waals surface area contributed by atoms with E-state index >= 15 is 0 Å². The summed E-state index contributed by atoms with van der Waals surface area (Å²) in [4.78, 5) is 22.3. The number of carbonyl (C=O) groups is 2. The summed E-state index contributed by atoms with van der Waals surface area (Å²) < 4.78 is 74.9. The lowest BCUT2D eigenvalue weighted by Gasteiger charge is -2.39. The number of aromatic nitrogens is 3. The number of halogens is 6. The average Bonchev–Trinajstić information content (AvgIpc) is 3.50. The standard InChI is InChI=1S/C23H23N5O6.2C2HF3O2/c24-7-12-17(11-5-6-14-13(8-26-28-14)18(11)27-22(12)25)10-3-1-2-4-15(10)33-23-21(32)20(31)19(30)16(9-29)34-23;2*3-2(4,5)1(6)7/h1-4,8,16,19-21,23,29-32H,5-6,9H2,(H2,25,27)(H,26,28);2*(H,6,7)/t16?,19-,20-,21-,23+;;/m0../s1. The van der Waals surface area contributed by atoms with E-state index < -0.39 is 61.6 Å². The molecule has 21 heteroatoms. The van der Waals surface area contributed by atoms with Crippen molar-refractivity contribution in [2.75, 3.05) is 12.3 Å². The Bertz CT molecular complexity index is 1650. The number of hydrogen-bond acceptors (Lipinski definition) is 12. The van der Waals surface area contributed by atoms with E-state index in [9.17, 15) is 52.0 Å². The summed E-state index contributed by atoms with van der Waals surface area (Å²) in [6.07, 6.45) is -14.4. The fourth-order valence-corrected chi connectivity index (χ4v) is 4.54. The van der Waals surface area contributed by atoms with Gasteiger partial charge in [-0.05, 0) is 24.5 Å². The quantitative estimate of drug-likeness (QED) is 0.178. The van der Waals surface area contributed by atoms with Gasteiger partial charge in [-0.3, -0.25) is 5.10 Å². The third kappa shape index (κ3) is 8.28. The first-order chi connectivity index (χ1) is 22.3. The number of alkyl halides is 6. The van der Waals surface area contributed by atoms with E-state index in [1.54, 1.807) is 30.5 Å². The van der Waals surface area contributed by atoms with Crippen LogP contribution in [0.25, 0.3) is 22.4 Å². The molecule has 9 N–H and O–H groups in total. The van der Waals surface area contributed by atoms with E-state index in [2.05, 4.69) is 21.3 Å². The number of hydrogen-bond donors (Lipinski definition) is 8. The Kier molecular flexibility index (Phi) is 11.6. The van der Waals surface area contributed by atoms with Crippen LogP contribution in [0.1, 0.15) is 16.8 Å².